The molecule has 1 aliphatic rings. The number of esters is 1. The summed E-state index contributed by atoms with van der Waals surface area (Å²) in [5.74, 6) is 0.188. The molecular weight excluding hydrogens is 448 g/mol. The Bertz CT molecular complexity index is 1390. The quantitative estimate of drug-likeness (QED) is 0.538. The molecule has 0 amide bonds. The molecule has 0 fully saturated rings. The second-order valence-electron chi connectivity index (χ2n) is 7.10. The highest BCUT2D eigenvalue weighted by Crippen LogP contribution is 2.31. The zero-order valence-corrected chi connectivity index (χ0v) is 19.4. The number of thiazole rings is 1. The second kappa shape index (κ2) is 9.14. The Morgan fingerprint density at radius 3 is 2.59 bits per heavy atom. The third kappa shape index (κ3) is 4.01. The molecule has 32 heavy (non-hydrogen) atoms. The molecule has 164 valence electrons. The molecule has 6 nitrogen and oxygen atoms in total. The molecule has 0 spiro atoms. The van der Waals surface area contributed by atoms with E-state index in [1.54, 1.807) is 49.8 Å². The van der Waals surface area contributed by atoms with Crippen LogP contribution in [-0.2, 0) is 9.53 Å². The van der Waals surface area contributed by atoms with Crippen LogP contribution in [0.2, 0.25) is 5.02 Å². The number of rotatable bonds is 5. The number of halogens is 1. The maximum atomic E-state index is 13.5. The number of allylic oxidation sites excluding steroid dienone is 1. The number of aromatic nitrogens is 1. The van der Waals surface area contributed by atoms with Crippen molar-refractivity contribution in [2.24, 2.45) is 4.99 Å². The van der Waals surface area contributed by atoms with Crippen LogP contribution in [0.5, 0.6) is 5.75 Å². The molecule has 0 saturated carbocycles. The molecule has 2 aromatic carbocycles. The van der Waals surface area contributed by atoms with Gasteiger partial charge in [0.15, 0.2) is 4.80 Å². The summed E-state index contributed by atoms with van der Waals surface area (Å²) < 4.78 is 12.6. The maximum Gasteiger partial charge on any atom is 0.338 e. The van der Waals surface area contributed by atoms with Crippen molar-refractivity contribution in [1.29, 1.82) is 0 Å². The molecule has 2 heterocycles. The van der Waals surface area contributed by atoms with E-state index in [4.69, 9.17) is 21.1 Å². The number of ether oxygens (including phenoxy) is 2. The summed E-state index contributed by atoms with van der Waals surface area (Å²) >= 11 is 7.55. The number of nitrogens with zero attached hydrogens (tertiary/aromatic N) is 2. The minimum atomic E-state index is -0.662. The Hall–Kier alpha value is -3.16. The van der Waals surface area contributed by atoms with Gasteiger partial charge in [-0.25, -0.2) is 9.79 Å². The van der Waals surface area contributed by atoms with Crippen molar-refractivity contribution >= 4 is 35.0 Å². The second-order valence-corrected chi connectivity index (χ2v) is 8.51. The van der Waals surface area contributed by atoms with Gasteiger partial charge in [0.05, 0.1) is 35.6 Å². The molecule has 0 saturated heterocycles. The first-order valence-corrected chi connectivity index (χ1v) is 11.2. The summed E-state index contributed by atoms with van der Waals surface area (Å²) in [4.78, 5) is 31.5. The van der Waals surface area contributed by atoms with E-state index in [-0.39, 0.29) is 12.2 Å². The fraction of sp³-hybridized carbons (Fsp3) is 0.208. The first-order valence-electron chi connectivity index (χ1n) is 10.0. The first-order chi connectivity index (χ1) is 15.4. The summed E-state index contributed by atoms with van der Waals surface area (Å²) in [5.41, 5.74) is 2.11. The number of carbonyl (C=O) groups excluding carboxylic acids is 1. The highest BCUT2D eigenvalue weighted by atomic mass is 35.5. The van der Waals surface area contributed by atoms with E-state index < -0.39 is 12.0 Å². The van der Waals surface area contributed by atoms with Crippen molar-refractivity contribution < 1.29 is 14.3 Å². The van der Waals surface area contributed by atoms with Crippen LogP contribution in [0, 0.1) is 0 Å². The standard InChI is InChI=1S/C24H21ClN2O4S/c1-4-31-23(29)20-14(2)26-24-27(21(20)15-9-11-17(30-3)12-10-15)22(28)19(32-24)13-16-7-5-6-8-18(16)25/h5-13,21H,4H2,1-3H3/b19-13-. The van der Waals surface area contributed by atoms with Gasteiger partial charge in [-0.2, -0.15) is 0 Å². The average Bonchev–Trinajstić information content (AvgIpc) is 3.09. The van der Waals surface area contributed by atoms with Gasteiger partial charge in [0.1, 0.15) is 5.75 Å². The molecule has 1 aliphatic heterocycles. The zero-order chi connectivity index (χ0) is 22.8. The third-order valence-electron chi connectivity index (χ3n) is 5.14. The van der Waals surface area contributed by atoms with E-state index in [2.05, 4.69) is 4.99 Å². The Kier molecular flexibility index (Phi) is 6.30. The van der Waals surface area contributed by atoms with E-state index >= 15 is 0 Å². The number of hydrogen-bond acceptors (Lipinski definition) is 6. The lowest BCUT2D eigenvalue weighted by molar-refractivity contribution is -0.139. The van der Waals surface area contributed by atoms with Gasteiger partial charge < -0.3 is 9.47 Å². The van der Waals surface area contributed by atoms with Crippen molar-refractivity contribution in [1.82, 2.24) is 4.57 Å². The Balaban J connectivity index is 1.96. The van der Waals surface area contributed by atoms with Crippen LogP contribution >= 0.6 is 22.9 Å². The van der Waals surface area contributed by atoms with Crippen molar-refractivity contribution in [3.8, 4) is 5.75 Å². The number of methoxy groups -OCH3 is 1. The Labute approximate surface area is 193 Å². The van der Waals surface area contributed by atoms with Gasteiger partial charge >= 0.3 is 5.97 Å². The van der Waals surface area contributed by atoms with Crippen molar-refractivity contribution in [2.75, 3.05) is 13.7 Å². The summed E-state index contributed by atoms with van der Waals surface area (Å²) in [6, 6.07) is 13.9. The summed E-state index contributed by atoms with van der Waals surface area (Å²) in [7, 11) is 1.58. The van der Waals surface area contributed by atoms with Gasteiger partial charge in [-0.15, -0.1) is 0 Å². The Morgan fingerprint density at radius 1 is 1.22 bits per heavy atom. The predicted octanol–water partition coefficient (Wildman–Crippen LogP) is 3.46. The van der Waals surface area contributed by atoms with Gasteiger partial charge in [-0.05, 0) is 49.2 Å². The molecule has 0 bridgehead atoms. The van der Waals surface area contributed by atoms with Gasteiger partial charge in [0, 0.05) is 5.02 Å². The lowest BCUT2D eigenvalue weighted by atomic mass is 9.96. The lowest BCUT2D eigenvalue weighted by Crippen LogP contribution is -2.39. The van der Waals surface area contributed by atoms with Crippen LogP contribution in [0.4, 0.5) is 0 Å². The van der Waals surface area contributed by atoms with Crippen LogP contribution in [0.25, 0.3) is 6.08 Å². The van der Waals surface area contributed by atoms with Gasteiger partial charge in [-0.1, -0.05) is 53.3 Å². The molecule has 4 rings (SSSR count). The molecule has 3 aromatic rings. The van der Waals surface area contributed by atoms with E-state index in [0.29, 0.717) is 31.4 Å². The highest BCUT2D eigenvalue weighted by molar-refractivity contribution is 7.07. The molecule has 0 aliphatic carbocycles. The van der Waals surface area contributed by atoms with E-state index in [1.807, 2.05) is 30.3 Å². The third-order valence-corrected chi connectivity index (χ3v) is 6.47. The van der Waals surface area contributed by atoms with Crippen LogP contribution in [0.3, 0.4) is 0 Å². The number of hydrogen-bond donors (Lipinski definition) is 0. The summed E-state index contributed by atoms with van der Waals surface area (Å²) in [6.07, 6.45) is 1.75. The predicted molar refractivity (Wildman–Crippen MR) is 125 cm³/mol. The molecule has 1 unspecified atom stereocenters. The molecule has 0 N–H and O–H groups in total. The van der Waals surface area contributed by atoms with Gasteiger partial charge in [0.25, 0.3) is 5.56 Å². The monoisotopic (exact) mass is 468 g/mol. The number of benzene rings is 2. The average molecular weight is 469 g/mol. The van der Waals surface area contributed by atoms with Crippen molar-refractivity contribution in [2.45, 2.75) is 19.9 Å². The number of carbonyl (C=O) groups is 1. The zero-order valence-electron chi connectivity index (χ0n) is 17.8. The number of fused-ring (bicyclic) bond motifs is 1. The fourth-order valence-electron chi connectivity index (χ4n) is 3.63. The lowest BCUT2D eigenvalue weighted by Gasteiger charge is -2.24. The van der Waals surface area contributed by atoms with Crippen LogP contribution in [0.1, 0.15) is 31.0 Å². The van der Waals surface area contributed by atoms with Gasteiger partial charge in [0.2, 0.25) is 0 Å². The maximum absolute atomic E-state index is 13.5. The highest BCUT2D eigenvalue weighted by Gasteiger charge is 2.33. The van der Waals surface area contributed by atoms with Crippen LogP contribution < -0.4 is 19.6 Å². The van der Waals surface area contributed by atoms with E-state index in [9.17, 15) is 9.59 Å². The van der Waals surface area contributed by atoms with Crippen LogP contribution in [0.15, 0.2) is 69.6 Å². The molecular formula is C24H21ClN2O4S. The summed E-state index contributed by atoms with van der Waals surface area (Å²) in [5, 5.41) is 0.549. The largest absolute Gasteiger partial charge is 0.497 e. The molecule has 1 aromatic heterocycles. The minimum Gasteiger partial charge on any atom is -0.497 e. The topological polar surface area (TPSA) is 69.9 Å². The fourth-order valence-corrected chi connectivity index (χ4v) is 4.85. The normalized spacial score (nSPS) is 15.9. The van der Waals surface area contributed by atoms with Gasteiger partial charge in [-0.3, -0.25) is 9.36 Å². The van der Waals surface area contributed by atoms with E-state index in [1.165, 1.54) is 11.3 Å². The minimum absolute atomic E-state index is 0.224. The van der Waals surface area contributed by atoms with Crippen molar-refractivity contribution in [3.05, 3.63) is 95.6 Å². The smallest absolute Gasteiger partial charge is 0.338 e. The molecule has 8 heteroatoms. The molecule has 1 atom stereocenters. The first kappa shape index (κ1) is 22.0. The molecule has 0 radical (unpaired) electrons. The summed E-state index contributed by atoms with van der Waals surface area (Å²) in [6.45, 7) is 3.73. The van der Waals surface area contributed by atoms with Crippen molar-refractivity contribution in [3.63, 3.8) is 0 Å². The SMILES string of the molecule is CCOC(=O)C1=C(C)N=c2s/c(=C\c3ccccc3Cl)c(=O)n2C1c1ccc(OC)cc1. The Morgan fingerprint density at radius 2 is 1.94 bits per heavy atom. The van der Waals surface area contributed by atoms with E-state index in [0.717, 1.165) is 11.1 Å². The van der Waals surface area contributed by atoms with Crippen LogP contribution in [-0.4, -0.2) is 24.3 Å².